The van der Waals surface area contributed by atoms with E-state index in [0.717, 1.165) is 11.1 Å². The number of carbonyl (C=O) groups excluding carboxylic acids is 1. The molecule has 112 valence electrons. The molecule has 0 saturated carbocycles. The van der Waals surface area contributed by atoms with E-state index in [1.165, 1.54) is 0 Å². The Morgan fingerprint density at radius 1 is 1.23 bits per heavy atom. The van der Waals surface area contributed by atoms with Gasteiger partial charge in [-0.3, -0.25) is 4.79 Å². The molecule has 3 rings (SSSR count). The molecule has 2 aromatic carbocycles. The Morgan fingerprint density at radius 2 is 2.05 bits per heavy atom. The number of aryl methyl sites for hydroxylation is 1. The zero-order valence-corrected chi connectivity index (χ0v) is 12.2. The van der Waals surface area contributed by atoms with Gasteiger partial charge < -0.3 is 9.47 Å². The number of fused-ring (bicyclic) bond motifs is 1. The summed E-state index contributed by atoms with van der Waals surface area (Å²) in [5.41, 5.74) is 4.53. The van der Waals surface area contributed by atoms with Crippen LogP contribution in [0.15, 0.2) is 53.6 Å². The van der Waals surface area contributed by atoms with Crippen molar-refractivity contribution in [2.45, 2.75) is 13.0 Å². The van der Waals surface area contributed by atoms with E-state index in [2.05, 4.69) is 10.5 Å². The van der Waals surface area contributed by atoms with Crippen molar-refractivity contribution < 1.29 is 14.3 Å². The monoisotopic (exact) mass is 296 g/mol. The second kappa shape index (κ2) is 6.30. The van der Waals surface area contributed by atoms with E-state index in [1.807, 2.05) is 43.3 Å². The summed E-state index contributed by atoms with van der Waals surface area (Å²) in [5.74, 6) is 0.879. The number of nitrogens with one attached hydrogen (secondary N) is 1. The number of para-hydroxylation sites is 2. The largest absolute Gasteiger partial charge is 0.485 e. The summed E-state index contributed by atoms with van der Waals surface area (Å²) in [7, 11) is 0. The number of hydrazone groups is 1. The van der Waals surface area contributed by atoms with Crippen LogP contribution in [0.25, 0.3) is 0 Å². The van der Waals surface area contributed by atoms with Crippen molar-refractivity contribution in [3.8, 4) is 11.5 Å². The molecular formula is C17H16N2O3. The summed E-state index contributed by atoms with van der Waals surface area (Å²) < 4.78 is 11.1. The SMILES string of the molecule is Cc1cccc(/C=N/NC(=O)C2COc3ccccc3O2)c1. The van der Waals surface area contributed by atoms with E-state index in [9.17, 15) is 4.79 Å². The standard InChI is InChI=1S/C17H16N2O3/c1-12-5-4-6-13(9-12)10-18-19-17(20)16-11-21-14-7-2-3-8-15(14)22-16/h2-10,16H,11H2,1H3,(H,19,20)/b18-10+. The third-order valence-corrected chi connectivity index (χ3v) is 3.23. The van der Waals surface area contributed by atoms with Crippen LogP contribution in [0.4, 0.5) is 0 Å². The number of ether oxygens (including phenoxy) is 2. The van der Waals surface area contributed by atoms with Crippen LogP contribution < -0.4 is 14.9 Å². The van der Waals surface area contributed by atoms with Crippen molar-refractivity contribution in [2.24, 2.45) is 5.10 Å². The van der Waals surface area contributed by atoms with Crippen LogP contribution in [0.2, 0.25) is 0 Å². The molecule has 5 nitrogen and oxygen atoms in total. The Labute approximate surface area is 128 Å². The Kier molecular flexibility index (Phi) is 4.05. The molecule has 1 heterocycles. The molecule has 0 aliphatic carbocycles. The van der Waals surface area contributed by atoms with Crippen molar-refractivity contribution in [1.29, 1.82) is 0 Å². The number of rotatable bonds is 3. The fourth-order valence-electron chi connectivity index (χ4n) is 2.14. The van der Waals surface area contributed by atoms with Crippen LogP contribution in [0.5, 0.6) is 11.5 Å². The van der Waals surface area contributed by atoms with Crippen LogP contribution >= 0.6 is 0 Å². The number of amides is 1. The van der Waals surface area contributed by atoms with Gasteiger partial charge in [-0.2, -0.15) is 5.10 Å². The second-order valence-electron chi connectivity index (χ2n) is 5.01. The first-order chi connectivity index (χ1) is 10.7. The van der Waals surface area contributed by atoms with Crippen LogP contribution in [0.3, 0.4) is 0 Å². The molecule has 0 aromatic heterocycles. The normalized spacial score (nSPS) is 16.5. The zero-order chi connectivity index (χ0) is 15.4. The zero-order valence-electron chi connectivity index (χ0n) is 12.2. The molecule has 1 N–H and O–H groups in total. The van der Waals surface area contributed by atoms with E-state index in [4.69, 9.17) is 9.47 Å². The minimum Gasteiger partial charge on any atom is -0.485 e. The molecule has 1 aliphatic heterocycles. The number of hydrogen-bond acceptors (Lipinski definition) is 4. The van der Waals surface area contributed by atoms with Crippen LogP contribution in [-0.2, 0) is 4.79 Å². The highest BCUT2D eigenvalue weighted by molar-refractivity contribution is 5.85. The summed E-state index contributed by atoms with van der Waals surface area (Å²) >= 11 is 0. The summed E-state index contributed by atoms with van der Waals surface area (Å²) in [6, 6.07) is 15.1. The lowest BCUT2D eigenvalue weighted by atomic mass is 10.2. The van der Waals surface area contributed by atoms with E-state index in [-0.39, 0.29) is 12.5 Å². The van der Waals surface area contributed by atoms with Gasteiger partial charge in [-0.1, -0.05) is 42.0 Å². The van der Waals surface area contributed by atoms with E-state index in [1.54, 1.807) is 18.3 Å². The quantitative estimate of drug-likeness (QED) is 0.698. The third kappa shape index (κ3) is 3.25. The Bertz CT molecular complexity index is 713. The molecule has 1 unspecified atom stereocenters. The molecule has 0 fully saturated rings. The highest BCUT2D eigenvalue weighted by Gasteiger charge is 2.26. The van der Waals surface area contributed by atoms with Gasteiger partial charge >= 0.3 is 0 Å². The highest BCUT2D eigenvalue weighted by atomic mass is 16.6. The van der Waals surface area contributed by atoms with Crippen molar-refractivity contribution in [3.05, 3.63) is 59.7 Å². The van der Waals surface area contributed by atoms with Crippen LogP contribution in [0.1, 0.15) is 11.1 Å². The predicted octanol–water partition coefficient (Wildman–Crippen LogP) is 2.29. The third-order valence-electron chi connectivity index (χ3n) is 3.23. The number of hydrogen-bond donors (Lipinski definition) is 1. The van der Waals surface area contributed by atoms with Gasteiger partial charge in [0.2, 0.25) is 6.10 Å². The van der Waals surface area contributed by atoms with Gasteiger partial charge in [0.1, 0.15) is 6.61 Å². The average molecular weight is 296 g/mol. The fraction of sp³-hybridized carbons (Fsp3) is 0.176. The van der Waals surface area contributed by atoms with E-state index < -0.39 is 6.10 Å². The Hall–Kier alpha value is -2.82. The summed E-state index contributed by atoms with van der Waals surface area (Å²) in [5, 5.41) is 3.95. The van der Waals surface area contributed by atoms with E-state index >= 15 is 0 Å². The first-order valence-corrected chi connectivity index (χ1v) is 7.00. The van der Waals surface area contributed by atoms with Gasteiger partial charge in [0, 0.05) is 0 Å². The van der Waals surface area contributed by atoms with Gasteiger partial charge in [0.25, 0.3) is 5.91 Å². The second-order valence-corrected chi connectivity index (χ2v) is 5.01. The van der Waals surface area contributed by atoms with Gasteiger partial charge in [-0.15, -0.1) is 0 Å². The van der Waals surface area contributed by atoms with Crippen molar-refractivity contribution in [1.82, 2.24) is 5.43 Å². The molecule has 2 aromatic rings. The maximum absolute atomic E-state index is 12.0. The summed E-state index contributed by atoms with van der Waals surface area (Å²) in [6.07, 6.45) is 0.896. The molecule has 5 heteroatoms. The highest BCUT2D eigenvalue weighted by Crippen LogP contribution is 2.30. The maximum Gasteiger partial charge on any atom is 0.284 e. The Morgan fingerprint density at radius 3 is 2.86 bits per heavy atom. The van der Waals surface area contributed by atoms with E-state index in [0.29, 0.717) is 11.5 Å². The summed E-state index contributed by atoms with van der Waals surface area (Å²) in [4.78, 5) is 12.0. The van der Waals surface area contributed by atoms with Crippen LogP contribution in [0, 0.1) is 6.92 Å². The lowest BCUT2D eigenvalue weighted by molar-refractivity contribution is -0.130. The number of nitrogens with zero attached hydrogens (tertiary/aromatic N) is 1. The van der Waals surface area contributed by atoms with Gasteiger partial charge in [-0.25, -0.2) is 5.43 Å². The minimum absolute atomic E-state index is 0.169. The first kappa shape index (κ1) is 14.1. The molecule has 0 spiro atoms. The molecule has 22 heavy (non-hydrogen) atoms. The van der Waals surface area contributed by atoms with Crippen molar-refractivity contribution in [3.63, 3.8) is 0 Å². The predicted molar refractivity (Wildman–Crippen MR) is 83.3 cm³/mol. The molecule has 1 atom stereocenters. The molecular weight excluding hydrogens is 280 g/mol. The lowest BCUT2D eigenvalue weighted by Gasteiger charge is -2.24. The number of carbonyl (C=O) groups is 1. The molecule has 0 bridgehead atoms. The average Bonchev–Trinajstić information content (AvgIpc) is 2.54. The first-order valence-electron chi connectivity index (χ1n) is 7.00. The fourth-order valence-corrected chi connectivity index (χ4v) is 2.14. The lowest BCUT2D eigenvalue weighted by Crippen LogP contribution is -2.42. The van der Waals surface area contributed by atoms with Gasteiger partial charge in [0.15, 0.2) is 11.5 Å². The molecule has 1 aliphatic rings. The summed E-state index contributed by atoms with van der Waals surface area (Å²) in [6.45, 7) is 2.17. The minimum atomic E-state index is -0.704. The van der Waals surface area contributed by atoms with Crippen molar-refractivity contribution >= 4 is 12.1 Å². The smallest absolute Gasteiger partial charge is 0.284 e. The molecule has 0 radical (unpaired) electrons. The van der Waals surface area contributed by atoms with Gasteiger partial charge in [0.05, 0.1) is 6.21 Å². The van der Waals surface area contributed by atoms with Crippen molar-refractivity contribution in [2.75, 3.05) is 6.61 Å². The molecule has 0 saturated heterocycles. The maximum atomic E-state index is 12.0. The topological polar surface area (TPSA) is 59.9 Å². The number of benzene rings is 2. The Balaban J connectivity index is 1.59. The van der Waals surface area contributed by atoms with Crippen LogP contribution in [-0.4, -0.2) is 24.8 Å². The van der Waals surface area contributed by atoms with Gasteiger partial charge in [-0.05, 0) is 24.6 Å². The molecule has 1 amide bonds.